The van der Waals surface area contributed by atoms with Crippen LogP contribution in [0.4, 0.5) is 4.39 Å². The molecule has 1 heterocycles. The molecule has 2 rings (SSSR count). The Balaban J connectivity index is 2.39. The molecule has 0 bridgehead atoms. The van der Waals surface area contributed by atoms with Gasteiger partial charge in [-0.15, -0.1) is 0 Å². The average molecular weight is 264 g/mol. The van der Waals surface area contributed by atoms with Gasteiger partial charge in [-0.1, -0.05) is 0 Å². The molecule has 0 saturated carbocycles. The van der Waals surface area contributed by atoms with Crippen LogP contribution in [0.1, 0.15) is 24.3 Å². The number of imidazole rings is 1. The molecule has 6 heteroatoms. The largest absolute Gasteiger partial charge is 0.488 e. The second-order valence-corrected chi connectivity index (χ2v) is 4.24. The van der Waals surface area contributed by atoms with Crippen LogP contribution >= 0.6 is 0 Å². The van der Waals surface area contributed by atoms with Gasteiger partial charge in [-0.25, -0.2) is 14.2 Å². The molecule has 0 amide bonds. The van der Waals surface area contributed by atoms with Gasteiger partial charge in [0.15, 0.2) is 17.3 Å². The van der Waals surface area contributed by atoms with Crippen molar-refractivity contribution in [2.45, 2.75) is 20.0 Å². The summed E-state index contributed by atoms with van der Waals surface area (Å²) in [7, 11) is 0. The Hall–Kier alpha value is -2.37. The summed E-state index contributed by atoms with van der Waals surface area (Å²) in [4.78, 5) is 17.4. The van der Waals surface area contributed by atoms with Crippen LogP contribution in [0.3, 0.4) is 0 Å². The van der Waals surface area contributed by atoms with E-state index >= 15 is 0 Å². The quantitative estimate of drug-likeness (QED) is 0.890. The number of hydrogen-bond acceptors (Lipinski definition) is 3. The minimum Gasteiger partial charge on any atom is -0.488 e. The van der Waals surface area contributed by atoms with Crippen LogP contribution in [0.25, 0.3) is 11.3 Å². The lowest BCUT2D eigenvalue weighted by molar-refractivity contribution is 0.0692. The molecule has 0 unspecified atom stereocenters. The summed E-state index contributed by atoms with van der Waals surface area (Å²) in [5.41, 5.74) is 0.506. The summed E-state index contributed by atoms with van der Waals surface area (Å²) in [6, 6.07) is 4.24. The van der Waals surface area contributed by atoms with Crippen molar-refractivity contribution in [2.24, 2.45) is 0 Å². The number of ether oxygens (including phenoxy) is 1. The highest BCUT2D eigenvalue weighted by molar-refractivity contribution is 5.92. The van der Waals surface area contributed by atoms with Crippen LogP contribution in [0.15, 0.2) is 24.5 Å². The van der Waals surface area contributed by atoms with Crippen molar-refractivity contribution in [1.29, 1.82) is 0 Å². The molecular formula is C13H13FN2O3. The van der Waals surface area contributed by atoms with Crippen molar-refractivity contribution in [3.63, 3.8) is 0 Å². The topological polar surface area (TPSA) is 75.2 Å². The van der Waals surface area contributed by atoms with Gasteiger partial charge in [0.2, 0.25) is 0 Å². The highest BCUT2D eigenvalue weighted by Crippen LogP contribution is 2.26. The molecular weight excluding hydrogens is 251 g/mol. The molecule has 0 fully saturated rings. The molecule has 5 nitrogen and oxygen atoms in total. The van der Waals surface area contributed by atoms with E-state index in [0.717, 1.165) is 0 Å². The number of aromatic carboxylic acids is 1. The van der Waals surface area contributed by atoms with Crippen LogP contribution in [0.2, 0.25) is 0 Å². The molecule has 0 atom stereocenters. The molecule has 1 aromatic heterocycles. The Morgan fingerprint density at radius 2 is 2.21 bits per heavy atom. The van der Waals surface area contributed by atoms with Gasteiger partial charge < -0.3 is 14.8 Å². The molecule has 100 valence electrons. The van der Waals surface area contributed by atoms with E-state index in [4.69, 9.17) is 9.84 Å². The number of rotatable bonds is 4. The Bertz CT molecular complexity index is 608. The van der Waals surface area contributed by atoms with Gasteiger partial charge in [-0.3, -0.25) is 0 Å². The Kier molecular flexibility index (Phi) is 3.50. The number of H-pyrrole nitrogens is 1. The first-order valence-corrected chi connectivity index (χ1v) is 5.72. The fourth-order valence-electron chi connectivity index (χ4n) is 1.67. The molecule has 0 aliphatic heterocycles. The summed E-state index contributed by atoms with van der Waals surface area (Å²) >= 11 is 0. The third-order valence-electron chi connectivity index (χ3n) is 2.42. The minimum absolute atomic E-state index is 0.0723. The standard InChI is InChI=1S/C13H13FN2O3/c1-7(2)19-10-4-3-8(5-9(10)14)11-12(13(17)18)16-6-15-11/h3-7H,1-2H3,(H,15,16)(H,17,18). The molecule has 0 radical (unpaired) electrons. The number of hydrogen-bond donors (Lipinski definition) is 2. The first-order valence-electron chi connectivity index (χ1n) is 5.72. The molecule has 1 aromatic carbocycles. The van der Waals surface area contributed by atoms with Gasteiger partial charge in [0.1, 0.15) is 5.69 Å². The van der Waals surface area contributed by atoms with Crippen LogP contribution < -0.4 is 4.74 Å². The Morgan fingerprint density at radius 1 is 1.47 bits per heavy atom. The van der Waals surface area contributed by atoms with Gasteiger partial charge in [-0.2, -0.15) is 0 Å². The van der Waals surface area contributed by atoms with E-state index in [1.54, 1.807) is 19.9 Å². The second kappa shape index (κ2) is 5.09. The van der Waals surface area contributed by atoms with Crippen LogP contribution in [0.5, 0.6) is 5.75 Å². The lowest BCUT2D eigenvalue weighted by Gasteiger charge is -2.11. The van der Waals surface area contributed by atoms with Crippen molar-refractivity contribution in [1.82, 2.24) is 9.97 Å². The van der Waals surface area contributed by atoms with Gasteiger partial charge >= 0.3 is 5.97 Å². The highest BCUT2D eigenvalue weighted by atomic mass is 19.1. The summed E-state index contributed by atoms with van der Waals surface area (Å²) < 4.78 is 19.1. The summed E-state index contributed by atoms with van der Waals surface area (Å²) in [5.74, 6) is -1.56. The van der Waals surface area contributed by atoms with E-state index in [1.165, 1.54) is 18.5 Å². The molecule has 19 heavy (non-hydrogen) atoms. The fourth-order valence-corrected chi connectivity index (χ4v) is 1.67. The number of aromatic nitrogens is 2. The van der Waals surface area contributed by atoms with Crippen LogP contribution in [0, 0.1) is 5.82 Å². The average Bonchev–Trinajstić information content (AvgIpc) is 2.80. The molecule has 0 saturated heterocycles. The normalized spacial score (nSPS) is 10.7. The number of aromatic amines is 1. The predicted molar refractivity (Wildman–Crippen MR) is 66.7 cm³/mol. The molecule has 0 aliphatic carbocycles. The number of carboxylic acids is 1. The summed E-state index contributed by atoms with van der Waals surface area (Å²) in [6.45, 7) is 3.59. The SMILES string of the molecule is CC(C)Oc1ccc(-c2nc[nH]c2C(=O)O)cc1F. The van der Waals surface area contributed by atoms with Crippen LogP contribution in [-0.4, -0.2) is 27.1 Å². The Labute approximate surface area is 109 Å². The lowest BCUT2D eigenvalue weighted by atomic mass is 10.1. The van der Waals surface area contributed by atoms with Crippen molar-refractivity contribution in [2.75, 3.05) is 0 Å². The summed E-state index contributed by atoms with van der Waals surface area (Å²) in [5, 5.41) is 8.97. The highest BCUT2D eigenvalue weighted by Gasteiger charge is 2.16. The van der Waals surface area contributed by atoms with Crippen molar-refractivity contribution < 1.29 is 19.0 Å². The van der Waals surface area contributed by atoms with Gasteiger partial charge in [0.25, 0.3) is 0 Å². The molecule has 2 aromatic rings. The predicted octanol–water partition coefficient (Wildman–Crippen LogP) is 2.70. The third-order valence-corrected chi connectivity index (χ3v) is 2.42. The number of carbonyl (C=O) groups is 1. The van der Waals surface area contributed by atoms with Crippen molar-refractivity contribution in [3.8, 4) is 17.0 Å². The molecule has 0 spiro atoms. The second-order valence-electron chi connectivity index (χ2n) is 4.24. The Morgan fingerprint density at radius 3 is 2.79 bits per heavy atom. The number of benzene rings is 1. The fraction of sp³-hybridized carbons (Fsp3) is 0.231. The van der Waals surface area contributed by atoms with Crippen molar-refractivity contribution in [3.05, 3.63) is 36.0 Å². The van der Waals surface area contributed by atoms with E-state index in [-0.39, 0.29) is 23.2 Å². The van der Waals surface area contributed by atoms with Crippen molar-refractivity contribution >= 4 is 5.97 Å². The van der Waals surface area contributed by atoms with E-state index < -0.39 is 11.8 Å². The zero-order chi connectivity index (χ0) is 14.0. The zero-order valence-corrected chi connectivity index (χ0v) is 10.5. The number of carboxylic acid groups (broad SMARTS) is 1. The monoisotopic (exact) mass is 264 g/mol. The number of nitrogens with one attached hydrogen (secondary N) is 1. The first kappa shape index (κ1) is 13.1. The van der Waals surface area contributed by atoms with Gasteiger partial charge in [-0.05, 0) is 32.0 Å². The third kappa shape index (κ3) is 2.73. The van der Waals surface area contributed by atoms with E-state index in [0.29, 0.717) is 5.56 Å². The smallest absolute Gasteiger partial charge is 0.354 e. The van der Waals surface area contributed by atoms with Gasteiger partial charge in [0.05, 0.1) is 12.4 Å². The maximum absolute atomic E-state index is 13.8. The summed E-state index contributed by atoms with van der Waals surface area (Å²) in [6.07, 6.45) is 1.12. The molecule has 2 N–H and O–H groups in total. The number of nitrogens with zero attached hydrogens (tertiary/aromatic N) is 1. The van der Waals surface area contributed by atoms with Gasteiger partial charge in [0, 0.05) is 5.56 Å². The maximum Gasteiger partial charge on any atom is 0.354 e. The molecule has 0 aliphatic rings. The number of halogens is 1. The van der Waals surface area contributed by atoms with Crippen LogP contribution in [-0.2, 0) is 0 Å². The first-order chi connectivity index (χ1) is 8.99. The van der Waals surface area contributed by atoms with E-state index in [1.807, 2.05) is 0 Å². The van der Waals surface area contributed by atoms with E-state index in [9.17, 15) is 9.18 Å². The maximum atomic E-state index is 13.8. The minimum atomic E-state index is -1.14. The van der Waals surface area contributed by atoms with E-state index in [2.05, 4.69) is 9.97 Å². The lowest BCUT2D eigenvalue weighted by Crippen LogP contribution is -2.07. The zero-order valence-electron chi connectivity index (χ0n) is 10.5.